The molecule has 6 rings (SSSR count). The van der Waals surface area contributed by atoms with Crippen molar-refractivity contribution in [1.82, 2.24) is 25.5 Å². The van der Waals surface area contributed by atoms with E-state index in [2.05, 4.69) is 62.7 Å². The van der Waals surface area contributed by atoms with Gasteiger partial charge in [0, 0.05) is 11.2 Å². The first kappa shape index (κ1) is 13.2. The van der Waals surface area contributed by atoms with Crippen LogP contribution in [-0.4, -0.2) is 38.6 Å². The molecule has 1 N–H and O–H groups in total. The lowest BCUT2D eigenvalue weighted by atomic mass is 9.65. The number of nitrogens with zero attached hydrogens (tertiary/aromatic N) is 4. The molecule has 3 saturated heterocycles. The third kappa shape index (κ3) is 1.64. The molecule has 0 aliphatic carbocycles. The quantitative estimate of drug-likeness (QED) is 0.787. The zero-order chi connectivity index (χ0) is 15.4. The molecule has 3 aliphatic heterocycles. The van der Waals surface area contributed by atoms with E-state index in [1.807, 2.05) is 0 Å². The van der Waals surface area contributed by atoms with E-state index in [4.69, 9.17) is 4.52 Å². The van der Waals surface area contributed by atoms with Gasteiger partial charge < -0.3 is 9.51 Å². The fourth-order valence-electron chi connectivity index (χ4n) is 4.80. The Kier molecular flexibility index (Phi) is 2.68. The third-order valence-corrected chi connectivity index (χ3v) is 5.97. The Hall–Kier alpha value is -2.21. The van der Waals surface area contributed by atoms with Crippen LogP contribution in [0.5, 0.6) is 0 Å². The number of benzene rings is 1. The van der Waals surface area contributed by atoms with Gasteiger partial charge >= 0.3 is 0 Å². The topological polar surface area (TPSA) is 70.8 Å². The molecular weight excluding hydrogens is 290 g/mol. The van der Waals surface area contributed by atoms with Crippen molar-refractivity contribution >= 4 is 10.9 Å². The second-order valence-corrected chi connectivity index (χ2v) is 6.82. The summed E-state index contributed by atoms with van der Waals surface area (Å²) in [5, 5.41) is 12.8. The average Bonchev–Trinajstić information content (AvgIpc) is 3.26. The van der Waals surface area contributed by atoms with Crippen molar-refractivity contribution in [2.24, 2.45) is 11.8 Å². The monoisotopic (exact) mass is 309 g/mol. The van der Waals surface area contributed by atoms with Crippen LogP contribution in [0.15, 0.2) is 34.9 Å². The lowest BCUT2D eigenvalue weighted by Gasteiger charge is -2.56. The Balaban J connectivity index is 1.78. The van der Waals surface area contributed by atoms with Crippen LogP contribution in [0, 0.1) is 11.8 Å². The van der Waals surface area contributed by atoms with Crippen LogP contribution in [0.2, 0.25) is 0 Å². The van der Waals surface area contributed by atoms with Crippen LogP contribution in [-0.2, 0) is 5.54 Å². The molecule has 3 aromatic rings. The number of nitrogens with one attached hydrogen (secondary N) is 1. The highest BCUT2D eigenvalue weighted by molar-refractivity contribution is 5.80. The highest BCUT2D eigenvalue weighted by Gasteiger charge is 2.57. The maximum Gasteiger partial charge on any atom is 0.274 e. The van der Waals surface area contributed by atoms with Crippen LogP contribution in [0.3, 0.4) is 0 Å². The summed E-state index contributed by atoms with van der Waals surface area (Å²) in [5.41, 5.74) is 1.90. The van der Waals surface area contributed by atoms with E-state index in [9.17, 15) is 0 Å². The number of H-pyrrole nitrogens is 1. The molecule has 2 aromatic heterocycles. The second kappa shape index (κ2) is 4.64. The predicted octanol–water partition coefficient (Wildman–Crippen LogP) is 2.55. The Morgan fingerprint density at radius 2 is 2.09 bits per heavy atom. The second-order valence-electron chi connectivity index (χ2n) is 6.82. The molecule has 5 heterocycles. The number of aromatic amines is 1. The van der Waals surface area contributed by atoms with Gasteiger partial charge in [0.2, 0.25) is 0 Å². The smallest absolute Gasteiger partial charge is 0.274 e. The molecule has 6 heteroatoms. The number of fused-ring (bicyclic) bond motifs is 4. The van der Waals surface area contributed by atoms with Gasteiger partial charge in [-0.05, 0) is 60.5 Å². The van der Waals surface area contributed by atoms with E-state index in [0.29, 0.717) is 17.7 Å². The average molecular weight is 309 g/mol. The SMILES string of the molecule is CC1C2CCN(CC2)C1(c1cc2ccccc2[nH]1)c1nnno1. The van der Waals surface area contributed by atoms with E-state index in [0.717, 1.165) is 24.3 Å². The molecule has 2 atom stereocenters. The van der Waals surface area contributed by atoms with Crippen LogP contribution < -0.4 is 0 Å². The molecule has 0 spiro atoms. The van der Waals surface area contributed by atoms with Gasteiger partial charge in [0.1, 0.15) is 5.54 Å². The molecule has 0 saturated carbocycles. The molecule has 0 radical (unpaired) electrons. The number of aromatic nitrogens is 4. The van der Waals surface area contributed by atoms with Crippen molar-refractivity contribution in [3.63, 3.8) is 0 Å². The zero-order valence-corrected chi connectivity index (χ0v) is 13.1. The summed E-state index contributed by atoms with van der Waals surface area (Å²) in [4.78, 5) is 6.11. The Morgan fingerprint density at radius 3 is 2.78 bits per heavy atom. The van der Waals surface area contributed by atoms with Crippen molar-refractivity contribution < 1.29 is 4.52 Å². The normalized spacial score (nSPS) is 33.3. The fourth-order valence-corrected chi connectivity index (χ4v) is 4.80. The largest absolute Gasteiger partial charge is 0.356 e. The predicted molar refractivity (Wildman–Crippen MR) is 84.6 cm³/mol. The van der Waals surface area contributed by atoms with E-state index in [1.54, 1.807) is 0 Å². The van der Waals surface area contributed by atoms with E-state index < -0.39 is 0 Å². The molecule has 2 unspecified atom stereocenters. The number of para-hydroxylation sites is 1. The first-order valence-corrected chi connectivity index (χ1v) is 8.29. The minimum atomic E-state index is -0.385. The molecule has 0 amide bonds. The Morgan fingerprint density at radius 1 is 1.26 bits per heavy atom. The van der Waals surface area contributed by atoms with Crippen molar-refractivity contribution in [1.29, 1.82) is 0 Å². The molecule has 6 nitrogen and oxygen atoms in total. The lowest BCUT2D eigenvalue weighted by Crippen LogP contribution is -2.62. The zero-order valence-electron chi connectivity index (χ0n) is 13.1. The molecule has 23 heavy (non-hydrogen) atoms. The van der Waals surface area contributed by atoms with Gasteiger partial charge in [-0.15, -0.1) is 0 Å². The van der Waals surface area contributed by atoms with Gasteiger partial charge in [0.15, 0.2) is 0 Å². The van der Waals surface area contributed by atoms with Gasteiger partial charge in [-0.25, -0.2) is 0 Å². The summed E-state index contributed by atoms with van der Waals surface area (Å²) >= 11 is 0. The van der Waals surface area contributed by atoms with Crippen molar-refractivity contribution in [3.8, 4) is 0 Å². The van der Waals surface area contributed by atoms with Gasteiger partial charge in [-0.3, -0.25) is 4.90 Å². The molecular formula is C17H19N5O. The van der Waals surface area contributed by atoms with E-state index >= 15 is 0 Å². The summed E-state index contributed by atoms with van der Waals surface area (Å²) in [7, 11) is 0. The summed E-state index contributed by atoms with van der Waals surface area (Å²) in [5.74, 6) is 1.69. The van der Waals surface area contributed by atoms with E-state index in [1.165, 1.54) is 18.2 Å². The molecule has 2 bridgehead atoms. The number of piperidine rings is 3. The molecule has 3 fully saturated rings. The van der Waals surface area contributed by atoms with Crippen molar-refractivity contribution in [3.05, 3.63) is 41.9 Å². The Bertz CT molecular complexity index is 797. The standard InChI is InChI=1S/C17H19N5O/c1-11-12-6-8-22(9-7-12)17(11,16-19-20-21-23-16)15-10-13-4-2-3-5-14(13)18-15/h2-5,10-12,18H,6-9H2,1H3. The van der Waals surface area contributed by atoms with Gasteiger partial charge in [0.05, 0.1) is 5.27 Å². The minimum Gasteiger partial charge on any atom is -0.356 e. The van der Waals surface area contributed by atoms with Crippen LogP contribution in [0.1, 0.15) is 31.4 Å². The van der Waals surface area contributed by atoms with Gasteiger partial charge in [-0.2, -0.15) is 0 Å². The highest BCUT2D eigenvalue weighted by atomic mass is 16.5. The van der Waals surface area contributed by atoms with Gasteiger partial charge in [0.25, 0.3) is 5.89 Å². The highest BCUT2D eigenvalue weighted by Crippen LogP contribution is 2.52. The molecule has 1 aromatic carbocycles. The van der Waals surface area contributed by atoms with Crippen LogP contribution in [0.25, 0.3) is 10.9 Å². The Labute approximate surface area is 133 Å². The lowest BCUT2D eigenvalue weighted by molar-refractivity contribution is -0.0761. The van der Waals surface area contributed by atoms with Crippen molar-refractivity contribution in [2.45, 2.75) is 25.3 Å². The van der Waals surface area contributed by atoms with E-state index in [-0.39, 0.29) is 5.54 Å². The van der Waals surface area contributed by atoms with Crippen LogP contribution in [0.4, 0.5) is 0 Å². The minimum absolute atomic E-state index is 0.385. The maximum absolute atomic E-state index is 5.52. The molecule has 3 aliphatic rings. The number of hydrogen-bond acceptors (Lipinski definition) is 5. The maximum atomic E-state index is 5.52. The summed E-state index contributed by atoms with van der Waals surface area (Å²) in [6.45, 7) is 4.44. The summed E-state index contributed by atoms with van der Waals surface area (Å²) in [6.07, 6.45) is 2.48. The third-order valence-electron chi connectivity index (χ3n) is 5.97. The summed E-state index contributed by atoms with van der Waals surface area (Å²) in [6, 6.07) is 10.6. The summed E-state index contributed by atoms with van der Waals surface area (Å²) < 4.78 is 5.52. The number of rotatable bonds is 2. The first-order chi connectivity index (χ1) is 11.3. The van der Waals surface area contributed by atoms with Gasteiger partial charge in [-0.1, -0.05) is 30.2 Å². The molecule has 118 valence electrons. The fraction of sp³-hybridized carbons (Fsp3) is 0.471. The number of hydrogen-bond donors (Lipinski definition) is 1. The first-order valence-electron chi connectivity index (χ1n) is 8.29. The van der Waals surface area contributed by atoms with Crippen molar-refractivity contribution in [2.75, 3.05) is 13.1 Å². The van der Waals surface area contributed by atoms with Crippen LogP contribution >= 0.6 is 0 Å².